The van der Waals surface area contributed by atoms with E-state index in [4.69, 9.17) is 16.3 Å². The second-order valence-corrected chi connectivity index (χ2v) is 3.55. The lowest BCUT2D eigenvalue weighted by Crippen LogP contribution is -2.28. The molecule has 0 radical (unpaired) electrons. The van der Waals surface area contributed by atoms with Crippen molar-refractivity contribution in [3.05, 3.63) is 28.8 Å². The Hall–Kier alpha value is -1.36. The van der Waals surface area contributed by atoms with E-state index in [1.807, 2.05) is 0 Å². The maximum atomic E-state index is 13.6. The second kappa shape index (κ2) is 5.31. The molecule has 0 heterocycles. The average Bonchev–Trinajstić information content (AvgIpc) is 2.29. The minimum atomic E-state index is -3.72. The minimum Gasteiger partial charge on any atom is -0.495 e. The fourth-order valence-corrected chi connectivity index (χ4v) is 1.46. The molecule has 1 aromatic rings. The molecule has 0 saturated heterocycles. The van der Waals surface area contributed by atoms with E-state index in [1.54, 1.807) is 0 Å². The summed E-state index contributed by atoms with van der Waals surface area (Å²) in [5.74, 6) is -5.05. The molecule has 0 aliphatic heterocycles. The Kier molecular flexibility index (Phi) is 4.28. The predicted molar refractivity (Wildman–Crippen MR) is 58.5 cm³/mol. The number of halogens is 3. The summed E-state index contributed by atoms with van der Waals surface area (Å²) in [5, 5.41) is 0.00831. The first-order valence-electron chi connectivity index (χ1n) is 4.82. The van der Waals surface area contributed by atoms with Gasteiger partial charge in [-0.05, 0) is 25.1 Å². The van der Waals surface area contributed by atoms with E-state index in [2.05, 4.69) is 4.74 Å². The highest BCUT2D eigenvalue weighted by atomic mass is 35.5. The number of carbonyl (C=O) groups is 1. The van der Waals surface area contributed by atoms with E-state index in [-0.39, 0.29) is 17.4 Å². The first kappa shape index (κ1) is 13.7. The molecule has 0 amide bonds. The molecular formula is C11H11ClF2O3. The molecule has 0 aliphatic carbocycles. The summed E-state index contributed by atoms with van der Waals surface area (Å²) >= 11 is 5.71. The molecular weight excluding hydrogens is 254 g/mol. The molecule has 0 spiro atoms. The van der Waals surface area contributed by atoms with Gasteiger partial charge in [0.25, 0.3) is 0 Å². The van der Waals surface area contributed by atoms with Crippen molar-refractivity contribution in [3.63, 3.8) is 0 Å². The van der Waals surface area contributed by atoms with Crippen LogP contribution in [-0.4, -0.2) is 19.7 Å². The molecule has 0 fully saturated rings. The van der Waals surface area contributed by atoms with Crippen molar-refractivity contribution in [2.75, 3.05) is 13.7 Å². The van der Waals surface area contributed by atoms with Crippen molar-refractivity contribution in [3.8, 4) is 5.75 Å². The maximum Gasteiger partial charge on any atom is 0.381 e. The van der Waals surface area contributed by atoms with Gasteiger partial charge in [0.05, 0.1) is 18.7 Å². The third-order valence-corrected chi connectivity index (χ3v) is 2.34. The summed E-state index contributed by atoms with van der Waals surface area (Å²) in [6.45, 7) is 1.34. The summed E-state index contributed by atoms with van der Waals surface area (Å²) in [6.07, 6.45) is 0. The smallest absolute Gasteiger partial charge is 0.381 e. The fourth-order valence-electron chi connectivity index (χ4n) is 1.20. The Bertz CT molecular complexity index is 421. The molecule has 1 rings (SSSR count). The van der Waals surface area contributed by atoms with Crippen LogP contribution in [0.3, 0.4) is 0 Å². The predicted octanol–water partition coefficient (Wildman–Crippen LogP) is 3.00. The normalized spacial score (nSPS) is 11.1. The first-order chi connectivity index (χ1) is 7.93. The molecule has 0 bridgehead atoms. The summed E-state index contributed by atoms with van der Waals surface area (Å²) in [4.78, 5) is 11.1. The molecule has 0 N–H and O–H groups in total. The van der Waals surface area contributed by atoms with Crippen LogP contribution in [-0.2, 0) is 15.5 Å². The number of hydrogen-bond donors (Lipinski definition) is 0. The van der Waals surface area contributed by atoms with Crippen LogP contribution in [0.5, 0.6) is 5.75 Å². The zero-order chi connectivity index (χ0) is 13.1. The van der Waals surface area contributed by atoms with Crippen molar-refractivity contribution in [2.45, 2.75) is 12.8 Å². The van der Waals surface area contributed by atoms with Crippen LogP contribution in [0.2, 0.25) is 5.02 Å². The van der Waals surface area contributed by atoms with Crippen LogP contribution in [0.1, 0.15) is 12.5 Å². The highest BCUT2D eigenvalue weighted by Gasteiger charge is 2.42. The molecule has 3 nitrogen and oxygen atoms in total. The lowest BCUT2D eigenvalue weighted by molar-refractivity contribution is -0.173. The first-order valence-corrected chi connectivity index (χ1v) is 5.20. The van der Waals surface area contributed by atoms with Crippen molar-refractivity contribution < 1.29 is 23.0 Å². The number of alkyl halides is 2. The van der Waals surface area contributed by atoms with Crippen LogP contribution in [0.15, 0.2) is 18.2 Å². The number of rotatable bonds is 4. The highest BCUT2D eigenvalue weighted by molar-refractivity contribution is 6.32. The third kappa shape index (κ3) is 2.85. The number of carbonyl (C=O) groups excluding carboxylic acids is 1. The van der Waals surface area contributed by atoms with Gasteiger partial charge in [-0.15, -0.1) is 0 Å². The minimum absolute atomic E-state index is 0.00831. The van der Waals surface area contributed by atoms with Crippen molar-refractivity contribution in [1.29, 1.82) is 0 Å². The summed E-state index contributed by atoms with van der Waals surface area (Å²) < 4.78 is 36.3. The van der Waals surface area contributed by atoms with Crippen LogP contribution in [0.25, 0.3) is 0 Å². The summed E-state index contributed by atoms with van der Waals surface area (Å²) in [6, 6.07) is 3.32. The molecule has 17 heavy (non-hydrogen) atoms. The third-order valence-electron chi connectivity index (χ3n) is 2.05. The van der Waals surface area contributed by atoms with E-state index in [0.717, 1.165) is 12.1 Å². The molecule has 0 atom stereocenters. The SMILES string of the molecule is CCOC(=O)C(F)(F)c1ccc(OC)c(Cl)c1. The van der Waals surface area contributed by atoms with Gasteiger partial charge in [0.1, 0.15) is 5.75 Å². The molecule has 0 unspecified atom stereocenters. The molecule has 0 aromatic heterocycles. The van der Waals surface area contributed by atoms with Crippen LogP contribution in [0.4, 0.5) is 8.78 Å². The number of benzene rings is 1. The number of ether oxygens (including phenoxy) is 2. The van der Waals surface area contributed by atoms with E-state index < -0.39 is 17.5 Å². The Morgan fingerprint density at radius 1 is 1.47 bits per heavy atom. The number of methoxy groups -OCH3 is 1. The van der Waals surface area contributed by atoms with Gasteiger partial charge >= 0.3 is 11.9 Å². The second-order valence-electron chi connectivity index (χ2n) is 3.14. The van der Waals surface area contributed by atoms with Crippen LogP contribution in [0, 0.1) is 0 Å². The largest absolute Gasteiger partial charge is 0.495 e. The maximum absolute atomic E-state index is 13.6. The van der Waals surface area contributed by atoms with E-state index in [0.29, 0.717) is 0 Å². The van der Waals surface area contributed by atoms with Crippen LogP contribution < -0.4 is 4.74 Å². The van der Waals surface area contributed by atoms with E-state index >= 15 is 0 Å². The zero-order valence-corrected chi connectivity index (χ0v) is 10.1. The standard InChI is InChI=1S/C11H11ClF2O3/c1-3-17-10(15)11(13,14)7-4-5-9(16-2)8(12)6-7/h4-6H,3H2,1-2H3. The van der Waals surface area contributed by atoms with Crippen LogP contribution >= 0.6 is 11.6 Å². The quantitative estimate of drug-likeness (QED) is 0.784. The van der Waals surface area contributed by atoms with Gasteiger partial charge in [-0.25, -0.2) is 4.79 Å². The van der Waals surface area contributed by atoms with Crippen molar-refractivity contribution >= 4 is 17.6 Å². The number of esters is 1. The van der Waals surface area contributed by atoms with Gasteiger partial charge in [0.15, 0.2) is 0 Å². The Morgan fingerprint density at radius 2 is 2.12 bits per heavy atom. The van der Waals surface area contributed by atoms with Gasteiger partial charge in [-0.2, -0.15) is 8.78 Å². The summed E-state index contributed by atoms with van der Waals surface area (Å²) in [7, 11) is 1.37. The lowest BCUT2D eigenvalue weighted by Gasteiger charge is -2.15. The van der Waals surface area contributed by atoms with Gasteiger partial charge in [-0.1, -0.05) is 11.6 Å². The molecule has 6 heteroatoms. The topological polar surface area (TPSA) is 35.5 Å². The highest BCUT2D eigenvalue weighted by Crippen LogP contribution is 2.34. The average molecular weight is 265 g/mol. The Morgan fingerprint density at radius 3 is 2.59 bits per heavy atom. The molecule has 0 saturated carbocycles. The molecule has 94 valence electrons. The van der Waals surface area contributed by atoms with Gasteiger partial charge in [0.2, 0.25) is 0 Å². The number of hydrogen-bond acceptors (Lipinski definition) is 3. The van der Waals surface area contributed by atoms with Gasteiger partial charge < -0.3 is 9.47 Å². The Balaban J connectivity index is 3.07. The monoisotopic (exact) mass is 264 g/mol. The van der Waals surface area contributed by atoms with Gasteiger partial charge in [0, 0.05) is 5.56 Å². The van der Waals surface area contributed by atoms with E-state index in [9.17, 15) is 13.6 Å². The lowest BCUT2D eigenvalue weighted by atomic mass is 10.1. The fraction of sp³-hybridized carbons (Fsp3) is 0.364. The Labute approximate surface area is 102 Å². The zero-order valence-electron chi connectivity index (χ0n) is 9.30. The summed E-state index contributed by atoms with van der Waals surface area (Å²) in [5.41, 5.74) is -0.526. The van der Waals surface area contributed by atoms with Gasteiger partial charge in [-0.3, -0.25) is 0 Å². The van der Waals surface area contributed by atoms with Crippen molar-refractivity contribution in [2.24, 2.45) is 0 Å². The molecule has 0 aliphatic rings. The molecule has 1 aromatic carbocycles. The van der Waals surface area contributed by atoms with Crippen molar-refractivity contribution in [1.82, 2.24) is 0 Å². The van der Waals surface area contributed by atoms with E-state index in [1.165, 1.54) is 20.1 Å².